The lowest BCUT2D eigenvalue weighted by Gasteiger charge is -2.13. The normalized spacial score (nSPS) is 15.4. The van der Waals surface area contributed by atoms with Crippen LogP contribution in [0.25, 0.3) is 0 Å². The predicted octanol–water partition coefficient (Wildman–Crippen LogP) is 7.48. The molecule has 0 rings (SSSR count). The molecule has 0 atom stereocenters. The highest BCUT2D eigenvalue weighted by Crippen LogP contribution is 2.26. The lowest BCUT2D eigenvalue weighted by atomic mass is 9.92. The van der Waals surface area contributed by atoms with Crippen molar-refractivity contribution in [2.75, 3.05) is 0 Å². The zero-order chi connectivity index (χ0) is 16.8. The van der Waals surface area contributed by atoms with Crippen molar-refractivity contribution in [3.8, 4) is 0 Å². The van der Waals surface area contributed by atoms with Gasteiger partial charge < -0.3 is 0 Å². The number of hydrogen-bond acceptors (Lipinski definition) is 0. The Bertz CT molecular complexity index is 476. The Morgan fingerprint density at radius 1 is 0.818 bits per heavy atom. The zero-order valence-electron chi connectivity index (χ0n) is 15.4. The topological polar surface area (TPSA) is 0 Å². The molecule has 0 amide bonds. The largest absolute Gasteiger partial charge is 0.0877 e. The van der Waals surface area contributed by atoms with Crippen LogP contribution in [0.5, 0.6) is 0 Å². The smallest absolute Gasteiger partial charge is 0.0265 e. The molecule has 0 heterocycles. The molecule has 0 N–H and O–H groups in total. The van der Waals surface area contributed by atoms with Gasteiger partial charge in [-0.05, 0) is 62.3 Å². The van der Waals surface area contributed by atoms with Crippen molar-refractivity contribution in [2.45, 2.75) is 67.2 Å². The quantitative estimate of drug-likeness (QED) is 0.387. The van der Waals surface area contributed by atoms with Crippen molar-refractivity contribution in [1.29, 1.82) is 0 Å². The molecule has 0 aliphatic carbocycles. The summed E-state index contributed by atoms with van der Waals surface area (Å²) in [5, 5.41) is 0. The summed E-state index contributed by atoms with van der Waals surface area (Å²) in [6.07, 6.45) is 22.0. The molecule has 0 saturated carbocycles. The molecule has 0 radical (unpaired) electrons. The molecule has 22 heavy (non-hydrogen) atoms. The van der Waals surface area contributed by atoms with Crippen molar-refractivity contribution in [3.63, 3.8) is 0 Å². The fraction of sp³-hybridized carbons (Fsp3) is 0.455. The zero-order valence-corrected chi connectivity index (χ0v) is 15.4. The van der Waals surface area contributed by atoms with Gasteiger partial charge in [0.05, 0.1) is 0 Å². The minimum absolute atomic E-state index is 1.07. The van der Waals surface area contributed by atoms with Gasteiger partial charge >= 0.3 is 0 Å². The Kier molecular flexibility index (Phi) is 12.2. The molecule has 0 aromatic rings. The van der Waals surface area contributed by atoms with Crippen LogP contribution in [0, 0.1) is 0 Å². The summed E-state index contributed by atoms with van der Waals surface area (Å²) in [6, 6.07) is 0. The first-order valence-corrected chi connectivity index (χ1v) is 8.69. The first-order valence-electron chi connectivity index (χ1n) is 8.69. The average molecular weight is 299 g/mol. The molecule has 0 unspecified atom stereocenters. The van der Waals surface area contributed by atoms with Crippen molar-refractivity contribution in [2.24, 2.45) is 0 Å². The summed E-state index contributed by atoms with van der Waals surface area (Å²) in [4.78, 5) is 0. The first kappa shape index (κ1) is 20.4. The second-order valence-electron chi connectivity index (χ2n) is 5.31. The molecule has 0 aliphatic rings. The SMILES string of the molecule is C/C=C/C=C\C(=C/C)C(\CC)=C(\C=C(/C=C/C)CC)CCC. The van der Waals surface area contributed by atoms with Crippen LogP contribution >= 0.6 is 0 Å². The number of rotatable bonds is 9. The summed E-state index contributed by atoms with van der Waals surface area (Å²) in [6.45, 7) is 13.0. The monoisotopic (exact) mass is 298 g/mol. The minimum atomic E-state index is 1.07. The van der Waals surface area contributed by atoms with Gasteiger partial charge in [-0.1, -0.05) is 75.8 Å². The molecular formula is C22H34. The van der Waals surface area contributed by atoms with E-state index in [9.17, 15) is 0 Å². The van der Waals surface area contributed by atoms with Gasteiger partial charge in [0.25, 0.3) is 0 Å². The molecule has 0 aliphatic heterocycles. The highest BCUT2D eigenvalue weighted by Gasteiger charge is 2.06. The molecule has 0 aromatic heterocycles. The summed E-state index contributed by atoms with van der Waals surface area (Å²) in [5.41, 5.74) is 5.71. The van der Waals surface area contributed by atoms with Crippen LogP contribution in [0.3, 0.4) is 0 Å². The Balaban J connectivity index is 5.88. The van der Waals surface area contributed by atoms with Gasteiger partial charge in [0.15, 0.2) is 0 Å². The molecular weight excluding hydrogens is 264 g/mol. The predicted molar refractivity (Wildman–Crippen MR) is 103 cm³/mol. The number of hydrogen-bond donors (Lipinski definition) is 0. The second kappa shape index (κ2) is 13.1. The third kappa shape index (κ3) is 7.45. The maximum atomic E-state index is 2.40. The van der Waals surface area contributed by atoms with E-state index in [1.165, 1.54) is 28.7 Å². The molecule has 0 spiro atoms. The maximum absolute atomic E-state index is 2.40. The van der Waals surface area contributed by atoms with Crippen LogP contribution in [0.2, 0.25) is 0 Å². The molecule has 0 saturated heterocycles. The van der Waals surface area contributed by atoms with Gasteiger partial charge in [-0.15, -0.1) is 0 Å². The standard InChI is InChI=1S/C22H34/c1-7-13-14-17-20(11-5)22(12-6)21(16-9-3)18-19(10-4)15-8-2/h7-8,11,13-15,17-18H,9-10,12,16H2,1-6H3/b13-7+,15-8+,17-14-,19-18-,20-11+,22-21+. The van der Waals surface area contributed by atoms with E-state index in [1.807, 2.05) is 6.92 Å². The van der Waals surface area contributed by atoms with E-state index in [-0.39, 0.29) is 0 Å². The summed E-state index contributed by atoms with van der Waals surface area (Å²) in [7, 11) is 0. The van der Waals surface area contributed by atoms with Crippen LogP contribution in [0.1, 0.15) is 67.2 Å². The lowest BCUT2D eigenvalue weighted by Crippen LogP contribution is -1.94. The highest BCUT2D eigenvalue weighted by atomic mass is 14.1. The van der Waals surface area contributed by atoms with Crippen LogP contribution in [-0.4, -0.2) is 0 Å². The summed E-state index contributed by atoms with van der Waals surface area (Å²) < 4.78 is 0. The average Bonchev–Trinajstić information content (AvgIpc) is 2.53. The highest BCUT2D eigenvalue weighted by molar-refractivity contribution is 5.47. The fourth-order valence-electron chi connectivity index (χ4n) is 2.54. The van der Waals surface area contributed by atoms with Gasteiger partial charge in [0.1, 0.15) is 0 Å². The van der Waals surface area contributed by atoms with E-state index >= 15 is 0 Å². The van der Waals surface area contributed by atoms with Crippen molar-refractivity contribution < 1.29 is 0 Å². The first-order chi connectivity index (χ1) is 10.7. The number of allylic oxidation sites excluding steroid dienone is 12. The van der Waals surface area contributed by atoms with Crippen LogP contribution < -0.4 is 0 Å². The van der Waals surface area contributed by atoms with Crippen LogP contribution in [0.4, 0.5) is 0 Å². The Morgan fingerprint density at radius 3 is 2.00 bits per heavy atom. The lowest BCUT2D eigenvalue weighted by molar-refractivity contribution is 0.898. The van der Waals surface area contributed by atoms with E-state index in [0.717, 1.165) is 19.3 Å². The second-order valence-corrected chi connectivity index (χ2v) is 5.31. The molecule has 0 nitrogen and oxygen atoms in total. The van der Waals surface area contributed by atoms with Gasteiger partial charge in [-0.3, -0.25) is 0 Å². The third-order valence-electron chi connectivity index (χ3n) is 3.65. The Hall–Kier alpha value is -1.56. The van der Waals surface area contributed by atoms with Crippen LogP contribution in [0.15, 0.2) is 70.9 Å². The Labute approximate surface area is 138 Å². The summed E-state index contributed by atoms with van der Waals surface area (Å²) >= 11 is 0. The molecule has 122 valence electrons. The van der Waals surface area contributed by atoms with Crippen molar-refractivity contribution in [1.82, 2.24) is 0 Å². The van der Waals surface area contributed by atoms with Gasteiger partial charge in [0, 0.05) is 0 Å². The molecule has 0 bridgehead atoms. The van der Waals surface area contributed by atoms with Gasteiger partial charge in [-0.25, -0.2) is 0 Å². The van der Waals surface area contributed by atoms with E-state index in [1.54, 1.807) is 0 Å². The summed E-state index contributed by atoms with van der Waals surface area (Å²) in [5.74, 6) is 0. The molecule has 0 aromatic carbocycles. The fourth-order valence-corrected chi connectivity index (χ4v) is 2.54. The van der Waals surface area contributed by atoms with Crippen molar-refractivity contribution in [3.05, 3.63) is 70.9 Å². The third-order valence-corrected chi connectivity index (χ3v) is 3.65. The Morgan fingerprint density at radius 2 is 1.55 bits per heavy atom. The van der Waals surface area contributed by atoms with Crippen molar-refractivity contribution >= 4 is 0 Å². The minimum Gasteiger partial charge on any atom is -0.0877 e. The van der Waals surface area contributed by atoms with E-state index in [2.05, 4.69) is 83.2 Å². The van der Waals surface area contributed by atoms with E-state index in [4.69, 9.17) is 0 Å². The maximum Gasteiger partial charge on any atom is -0.0265 e. The van der Waals surface area contributed by atoms with Gasteiger partial charge in [-0.2, -0.15) is 0 Å². The van der Waals surface area contributed by atoms with E-state index in [0.29, 0.717) is 0 Å². The van der Waals surface area contributed by atoms with Gasteiger partial charge in [0.2, 0.25) is 0 Å². The molecule has 0 heteroatoms. The molecule has 0 fully saturated rings. The van der Waals surface area contributed by atoms with E-state index < -0.39 is 0 Å². The van der Waals surface area contributed by atoms with Crippen LogP contribution in [-0.2, 0) is 0 Å².